The number of hydrogen-bond donors (Lipinski definition) is 2. The number of anilines is 1. The summed E-state index contributed by atoms with van der Waals surface area (Å²) in [7, 11) is 0. The van der Waals surface area contributed by atoms with Crippen LogP contribution in [0.5, 0.6) is 0 Å². The second kappa shape index (κ2) is 5.44. The number of ether oxygens (including phenoxy) is 1. The minimum Gasteiger partial charge on any atom is -0.478 e. The molecule has 2 aromatic rings. The predicted molar refractivity (Wildman–Crippen MR) is 74.7 cm³/mol. The van der Waals surface area contributed by atoms with Gasteiger partial charge in [0.15, 0.2) is 0 Å². The highest BCUT2D eigenvalue weighted by Crippen LogP contribution is 2.20. The van der Waals surface area contributed by atoms with Gasteiger partial charge in [0.05, 0.1) is 24.3 Å². The van der Waals surface area contributed by atoms with Crippen LogP contribution in [0.15, 0.2) is 30.3 Å². The molecule has 0 bridgehead atoms. The number of nitrogens with zero attached hydrogens (tertiary/aromatic N) is 2. The fourth-order valence-corrected chi connectivity index (χ4v) is 2.24. The number of benzene rings is 1. The molecule has 1 aromatic carbocycles. The summed E-state index contributed by atoms with van der Waals surface area (Å²) >= 11 is 0. The summed E-state index contributed by atoms with van der Waals surface area (Å²) < 4.78 is 5.28. The molecule has 6 nitrogen and oxygen atoms in total. The quantitative estimate of drug-likeness (QED) is 0.884. The zero-order valence-corrected chi connectivity index (χ0v) is 10.9. The van der Waals surface area contributed by atoms with E-state index in [9.17, 15) is 4.79 Å². The molecule has 1 aliphatic heterocycles. The van der Waals surface area contributed by atoms with E-state index in [1.165, 1.54) is 0 Å². The third kappa shape index (κ3) is 2.56. The largest absolute Gasteiger partial charge is 0.478 e. The number of hydrazine groups is 1. The highest BCUT2D eigenvalue weighted by Gasteiger charge is 2.12. The number of fused-ring (bicyclic) bond motifs is 1. The minimum atomic E-state index is -0.939. The van der Waals surface area contributed by atoms with Gasteiger partial charge in [-0.3, -0.25) is 0 Å². The van der Waals surface area contributed by atoms with Crippen molar-refractivity contribution in [2.75, 3.05) is 31.7 Å². The molecule has 2 N–H and O–H groups in total. The van der Waals surface area contributed by atoms with Crippen molar-refractivity contribution in [2.45, 2.75) is 0 Å². The second-order valence-corrected chi connectivity index (χ2v) is 4.59. The SMILES string of the molecule is O=C(O)c1cccc2nc(NN3CCOCC3)ccc12. The first-order valence-corrected chi connectivity index (χ1v) is 6.46. The average molecular weight is 273 g/mol. The van der Waals surface area contributed by atoms with Gasteiger partial charge in [-0.2, -0.15) is 0 Å². The van der Waals surface area contributed by atoms with Crippen LogP contribution < -0.4 is 5.43 Å². The molecule has 1 aromatic heterocycles. The lowest BCUT2D eigenvalue weighted by Gasteiger charge is -2.27. The molecule has 0 atom stereocenters. The topological polar surface area (TPSA) is 74.7 Å². The van der Waals surface area contributed by atoms with Crippen molar-refractivity contribution in [3.8, 4) is 0 Å². The van der Waals surface area contributed by atoms with Crippen LogP contribution in [0.25, 0.3) is 10.9 Å². The van der Waals surface area contributed by atoms with Gasteiger partial charge >= 0.3 is 5.97 Å². The van der Waals surface area contributed by atoms with Crippen LogP contribution in [0.1, 0.15) is 10.4 Å². The van der Waals surface area contributed by atoms with Crippen LogP contribution in [0.4, 0.5) is 5.82 Å². The molecule has 0 radical (unpaired) electrons. The molecule has 104 valence electrons. The van der Waals surface area contributed by atoms with Crippen molar-refractivity contribution in [3.63, 3.8) is 0 Å². The standard InChI is InChI=1S/C14H15N3O3/c18-14(19)11-2-1-3-12-10(11)4-5-13(15-12)16-17-6-8-20-9-7-17/h1-5H,6-9H2,(H,15,16)(H,18,19). The van der Waals surface area contributed by atoms with E-state index in [4.69, 9.17) is 9.84 Å². The smallest absolute Gasteiger partial charge is 0.336 e. The van der Waals surface area contributed by atoms with Gasteiger partial charge < -0.3 is 15.3 Å². The highest BCUT2D eigenvalue weighted by molar-refractivity contribution is 6.02. The zero-order valence-electron chi connectivity index (χ0n) is 10.9. The predicted octanol–water partition coefficient (Wildman–Crippen LogP) is 1.59. The number of pyridine rings is 1. The Balaban J connectivity index is 1.89. The van der Waals surface area contributed by atoms with E-state index in [-0.39, 0.29) is 5.56 Å². The number of rotatable bonds is 3. The first-order chi connectivity index (χ1) is 9.74. The van der Waals surface area contributed by atoms with E-state index < -0.39 is 5.97 Å². The monoisotopic (exact) mass is 273 g/mol. The lowest BCUT2D eigenvalue weighted by atomic mass is 10.1. The summed E-state index contributed by atoms with van der Waals surface area (Å²) in [6.07, 6.45) is 0. The summed E-state index contributed by atoms with van der Waals surface area (Å²) in [6.45, 7) is 3.00. The normalized spacial score (nSPS) is 16.2. The van der Waals surface area contributed by atoms with Crippen LogP contribution in [-0.2, 0) is 4.74 Å². The Kier molecular flexibility index (Phi) is 3.49. The van der Waals surface area contributed by atoms with Gasteiger partial charge in [0.1, 0.15) is 5.82 Å². The number of hydrogen-bond acceptors (Lipinski definition) is 5. The van der Waals surface area contributed by atoms with Crippen molar-refractivity contribution in [1.29, 1.82) is 0 Å². The Morgan fingerprint density at radius 3 is 2.80 bits per heavy atom. The highest BCUT2D eigenvalue weighted by atomic mass is 16.5. The van der Waals surface area contributed by atoms with Gasteiger partial charge in [0, 0.05) is 18.5 Å². The van der Waals surface area contributed by atoms with Gasteiger partial charge in [-0.25, -0.2) is 14.8 Å². The van der Waals surface area contributed by atoms with E-state index in [1.807, 2.05) is 11.1 Å². The molecule has 1 fully saturated rings. The molecule has 0 unspecified atom stereocenters. The first-order valence-electron chi connectivity index (χ1n) is 6.46. The van der Waals surface area contributed by atoms with E-state index in [0.717, 1.165) is 13.1 Å². The molecule has 0 spiro atoms. The Morgan fingerprint density at radius 1 is 1.25 bits per heavy atom. The van der Waals surface area contributed by atoms with Crippen molar-refractivity contribution >= 4 is 22.7 Å². The number of aromatic carboxylic acids is 1. The van der Waals surface area contributed by atoms with Crippen LogP contribution in [-0.4, -0.2) is 47.4 Å². The number of morpholine rings is 1. The van der Waals surface area contributed by atoms with Gasteiger partial charge in [-0.05, 0) is 24.3 Å². The molecule has 2 heterocycles. The molecule has 1 saturated heterocycles. The Morgan fingerprint density at radius 2 is 2.05 bits per heavy atom. The van der Waals surface area contributed by atoms with Crippen LogP contribution in [0.3, 0.4) is 0 Å². The molecular weight excluding hydrogens is 258 g/mol. The maximum absolute atomic E-state index is 11.2. The number of nitrogens with one attached hydrogen (secondary N) is 1. The molecule has 20 heavy (non-hydrogen) atoms. The first kappa shape index (κ1) is 12.8. The van der Waals surface area contributed by atoms with E-state index >= 15 is 0 Å². The van der Waals surface area contributed by atoms with Crippen LogP contribution >= 0.6 is 0 Å². The zero-order chi connectivity index (χ0) is 13.9. The molecule has 0 aliphatic carbocycles. The molecule has 3 rings (SSSR count). The van der Waals surface area contributed by atoms with Gasteiger partial charge in [0.25, 0.3) is 0 Å². The lowest BCUT2D eigenvalue weighted by Crippen LogP contribution is -2.40. The summed E-state index contributed by atoms with van der Waals surface area (Å²) in [6, 6.07) is 8.68. The maximum Gasteiger partial charge on any atom is 0.336 e. The van der Waals surface area contributed by atoms with Crippen LogP contribution in [0, 0.1) is 0 Å². The fraction of sp³-hybridized carbons (Fsp3) is 0.286. The Bertz CT molecular complexity index is 639. The minimum absolute atomic E-state index is 0.271. The fourth-order valence-electron chi connectivity index (χ4n) is 2.24. The second-order valence-electron chi connectivity index (χ2n) is 4.59. The van der Waals surface area contributed by atoms with Gasteiger partial charge in [-0.15, -0.1) is 0 Å². The summed E-state index contributed by atoms with van der Waals surface area (Å²) in [5.74, 6) is -0.228. The van der Waals surface area contributed by atoms with E-state index in [2.05, 4.69) is 10.4 Å². The lowest BCUT2D eigenvalue weighted by molar-refractivity contribution is 0.0495. The van der Waals surface area contributed by atoms with Crippen molar-refractivity contribution in [3.05, 3.63) is 35.9 Å². The summed E-state index contributed by atoms with van der Waals surface area (Å²) in [5.41, 5.74) is 4.16. The molecule has 6 heteroatoms. The van der Waals surface area contributed by atoms with Crippen molar-refractivity contribution < 1.29 is 14.6 Å². The third-order valence-electron chi connectivity index (χ3n) is 3.25. The van der Waals surface area contributed by atoms with Crippen molar-refractivity contribution in [1.82, 2.24) is 9.99 Å². The number of carboxylic acid groups (broad SMARTS) is 1. The number of aromatic nitrogens is 1. The molecule has 0 saturated carbocycles. The third-order valence-corrected chi connectivity index (χ3v) is 3.25. The summed E-state index contributed by atoms with van der Waals surface area (Å²) in [4.78, 5) is 15.6. The molecular formula is C14H15N3O3. The average Bonchev–Trinajstić information content (AvgIpc) is 2.47. The maximum atomic E-state index is 11.2. The Hall–Kier alpha value is -2.18. The molecule has 1 aliphatic rings. The van der Waals surface area contributed by atoms with Gasteiger partial charge in [0.2, 0.25) is 0 Å². The number of carboxylic acids is 1. The number of carbonyl (C=O) groups is 1. The Labute approximate surface area is 116 Å². The molecule has 0 amide bonds. The van der Waals surface area contributed by atoms with E-state index in [0.29, 0.717) is 29.9 Å². The van der Waals surface area contributed by atoms with Gasteiger partial charge in [-0.1, -0.05) is 6.07 Å². The van der Waals surface area contributed by atoms with Crippen molar-refractivity contribution in [2.24, 2.45) is 0 Å². The van der Waals surface area contributed by atoms with E-state index in [1.54, 1.807) is 24.3 Å². The van der Waals surface area contributed by atoms with Crippen LogP contribution in [0.2, 0.25) is 0 Å². The summed E-state index contributed by atoms with van der Waals surface area (Å²) in [5, 5.41) is 11.8.